The van der Waals surface area contributed by atoms with Crippen molar-refractivity contribution < 1.29 is 20.1 Å². The molecule has 2 aromatic rings. The van der Waals surface area contributed by atoms with E-state index in [2.05, 4.69) is 5.32 Å². The van der Waals surface area contributed by atoms with Gasteiger partial charge < -0.3 is 25.4 Å². The number of aliphatic hydroxyl groups is 2. The van der Waals surface area contributed by atoms with Crippen molar-refractivity contribution in [1.82, 2.24) is 5.32 Å². The second-order valence-corrected chi connectivity index (χ2v) is 7.03. The van der Waals surface area contributed by atoms with E-state index in [4.69, 9.17) is 16.3 Å². The lowest BCUT2D eigenvalue weighted by atomic mass is 10.0. The molecule has 0 radical (unpaired) electrons. The molecule has 140 valence electrons. The normalized spacial score (nSPS) is 21.0. The molecule has 0 bridgehead atoms. The zero-order chi connectivity index (χ0) is 18.5. The molecule has 0 spiro atoms. The maximum Gasteiger partial charge on any atom is 0.115 e. The van der Waals surface area contributed by atoms with Crippen LogP contribution in [0.1, 0.15) is 41.7 Å². The molecule has 6 heteroatoms. The lowest BCUT2D eigenvalue weighted by Crippen LogP contribution is -2.30. The summed E-state index contributed by atoms with van der Waals surface area (Å²) in [5, 5.41) is 33.1. The first-order valence-electron chi connectivity index (χ1n) is 8.79. The van der Waals surface area contributed by atoms with Crippen molar-refractivity contribution in [1.29, 1.82) is 0 Å². The van der Waals surface area contributed by atoms with Crippen LogP contribution in [0.4, 0.5) is 0 Å². The van der Waals surface area contributed by atoms with Crippen LogP contribution in [0.5, 0.6) is 5.75 Å². The van der Waals surface area contributed by atoms with E-state index in [1.54, 1.807) is 6.07 Å². The molecular formula is C20H24ClNO4. The van der Waals surface area contributed by atoms with Crippen molar-refractivity contribution in [2.45, 2.75) is 37.8 Å². The van der Waals surface area contributed by atoms with Gasteiger partial charge in [0.1, 0.15) is 5.75 Å². The van der Waals surface area contributed by atoms with Crippen LogP contribution in [0.15, 0.2) is 42.5 Å². The van der Waals surface area contributed by atoms with Crippen molar-refractivity contribution in [3.05, 3.63) is 64.2 Å². The largest absolute Gasteiger partial charge is 0.508 e. The molecule has 0 saturated carbocycles. The highest BCUT2D eigenvalue weighted by atomic mass is 35.5. The summed E-state index contributed by atoms with van der Waals surface area (Å²) in [5.41, 5.74) is 2.28. The molecule has 3 atom stereocenters. The first-order valence-corrected chi connectivity index (χ1v) is 9.17. The molecule has 5 nitrogen and oxygen atoms in total. The first kappa shape index (κ1) is 19.1. The van der Waals surface area contributed by atoms with Gasteiger partial charge in [-0.2, -0.15) is 0 Å². The Hall–Kier alpha value is -1.63. The fourth-order valence-electron chi connectivity index (χ4n) is 3.32. The highest BCUT2D eigenvalue weighted by molar-refractivity contribution is 6.30. The Morgan fingerprint density at radius 1 is 1.15 bits per heavy atom. The van der Waals surface area contributed by atoms with E-state index in [0.717, 1.165) is 23.4 Å². The second-order valence-electron chi connectivity index (χ2n) is 6.59. The van der Waals surface area contributed by atoms with Crippen LogP contribution in [0, 0.1) is 0 Å². The summed E-state index contributed by atoms with van der Waals surface area (Å²) in [6.07, 6.45) is 1.34. The van der Waals surface area contributed by atoms with E-state index in [1.807, 2.05) is 24.3 Å². The maximum atomic E-state index is 10.3. The Labute approximate surface area is 158 Å². The van der Waals surface area contributed by atoms with Crippen LogP contribution in [0.25, 0.3) is 0 Å². The van der Waals surface area contributed by atoms with Crippen LogP contribution in [-0.4, -0.2) is 34.5 Å². The number of phenolic OH excluding ortho intramolecular Hbond substituents is 1. The van der Waals surface area contributed by atoms with Gasteiger partial charge in [-0.15, -0.1) is 0 Å². The Morgan fingerprint density at radius 3 is 2.65 bits per heavy atom. The van der Waals surface area contributed by atoms with Crippen LogP contribution >= 0.6 is 11.6 Å². The zero-order valence-electron chi connectivity index (χ0n) is 14.4. The van der Waals surface area contributed by atoms with Crippen molar-refractivity contribution in [2.24, 2.45) is 0 Å². The number of phenols is 1. The average Bonchev–Trinajstić information content (AvgIpc) is 3.11. The number of hydrogen-bond donors (Lipinski definition) is 4. The van der Waals surface area contributed by atoms with Gasteiger partial charge >= 0.3 is 0 Å². The predicted molar refractivity (Wildman–Crippen MR) is 100 cm³/mol. The molecule has 1 aliphatic rings. The van der Waals surface area contributed by atoms with E-state index < -0.39 is 6.10 Å². The van der Waals surface area contributed by atoms with Crippen LogP contribution in [0.2, 0.25) is 5.02 Å². The minimum atomic E-state index is -0.758. The van der Waals surface area contributed by atoms with E-state index >= 15 is 0 Å². The van der Waals surface area contributed by atoms with E-state index in [9.17, 15) is 15.3 Å². The molecule has 0 amide bonds. The molecule has 1 aliphatic heterocycles. The molecule has 1 heterocycles. The minimum absolute atomic E-state index is 0.0746. The predicted octanol–water partition coefficient (Wildman–Crippen LogP) is 3.08. The lowest BCUT2D eigenvalue weighted by molar-refractivity contribution is 0.0428. The van der Waals surface area contributed by atoms with Gasteiger partial charge in [-0.1, -0.05) is 29.8 Å². The van der Waals surface area contributed by atoms with Crippen LogP contribution < -0.4 is 5.32 Å². The maximum absolute atomic E-state index is 10.3. The number of hydrogen-bond acceptors (Lipinski definition) is 5. The Bertz CT molecular complexity index is 722. The number of benzene rings is 2. The van der Waals surface area contributed by atoms with Gasteiger partial charge in [-0.3, -0.25) is 0 Å². The molecule has 3 rings (SSSR count). The lowest BCUT2D eigenvalue weighted by Gasteiger charge is -2.18. The average molecular weight is 378 g/mol. The standard InChI is InChI=1S/C20H24ClNO4/c21-15-3-1-13(2-4-15)20-8-6-17(26-20)10-22-11-19(25)18-7-5-16(24)9-14(18)12-23/h1-5,7,9,17,19-20,22-25H,6,8,10-12H2. The summed E-state index contributed by atoms with van der Waals surface area (Å²) < 4.78 is 6.08. The van der Waals surface area contributed by atoms with Gasteiger partial charge in [0, 0.05) is 18.1 Å². The van der Waals surface area contributed by atoms with Gasteiger partial charge in [-0.05, 0) is 53.8 Å². The fourth-order valence-corrected chi connectivity index (χ4v) is 3.45. The van der Waals surface area contributed by atoms with Gasteiger partial charge in [0.25, 0.3) is 0 Å². The summed E-state index contributed by atoms with van der Waals surface area (Å²) in [5.74, 6) is 0.0746. The first-order chi connectivity index (χ1) is 12.6. The molecule has 3 unspecified atom stereocenters. The highest BCUT2D eigenvalue weighted by Crippen LogP contribution is 2.33. The molecule has 2 aromatic carbocycles. The van der Waals surface area contributed by atoms with Gasteiger partial charge in [-0.25, -0.2) is 0 Å². The minimum Gasteiger partial charge on any atom is -0.508 e. The zero-order valence-corrected chi connectivity index (χ0v) is 15.2. The topological polar surface area (TPSA) is 82.0 Å². The fraction of sp³-hybridized carbons (Fsp3) is 0.400. The van der Waals surface area contributed by atoms with Gasteiger partial charge in [0.15, 0.2) is 0 Å². The van der Waals surface area contributed by atoms with Gasteiger partial charge in [0.05, 0.1) is 24.9 Å². The highest BCUT2D eigenvalue weighted by Gasteiger charge is 2.26. The summed E-state index contributed by atoms with van der Waals surface area (Å²) in [7, 11) is 0. The Balaban J connectivity index is 1.47. The summed E-state index contributed by atoms with van der Waals surface area (Å²) in [6.45, 7) is 0.770. The Kier molecular flexibility index (Phi) is 6.51. The van der Waals surface area contributed by atoms with Crippen molar-refractivity contribution in [3.8, 4) is 5.75 Å². The molecule has 0 aromatic heterocycles. The van der Waals surface area contributed by atoms with Gasteiger partial charge in [0.2, 0.25) is 0 Å². The number of aliphatic hydroxyl groups excluding tert-OH is 2. The van der Waals surface area contributed by atoms with E-state index in [0.29, 0.717) is 24.2 Å². The smallest absolute Gasteiger partial charge is 0.115 e. The van der Waals surface area contributed by atoms with E-state index in [1.165, 1.54) is 12.1 Å². The Morgan fingerprint density at radius 2 is 1.92 bits per heavy atom. The third-order valence-corrected chi connectivity index (χ3v) is 4.97. The van der Waals surface area contributed by atoms with Crippen molar-refractivity contribution in [2.75, 3.05) is 13.1 Å². The molecule has 26 heavy (non-hydrogen) atoms. The van der Waals surface area contributed by atoms with E-state index in [-0.39, 0.29) is 24.6 Å². The molecule has 1 fully saturated rings. The molecule has 4 N–H and O–H groups in total. The second kappa shape index (κ2) is 8.84. The number of aromatic hydroxyl groups is 1. The number of ether oxygens (including phenoxy) is 1. The van der Waals surface area contributed by atoms with Crippen molar-refractivity contribution >= 4 is 11.6 Å². The third kappa shape index (κ3) is 4.75. The SMILES string of the molecule is OCc1cc(O)ccc1C(O)CNCC1CCC(c2ccc(Cl)cc2)O1. The quantitative estimate of drug-likeness (QED) is 0.596. The number of nitrogens with one attached hydrogen (secondary N) is 1. The molecular weight excluding hydrogens is 354 g/mol. The van der Waals surface area contributed by atoms with Crippen LogP contribution in [0.3, 0.4) is 0 Å². The monoisotopic (exact) mass is 377 g/mol. The third-order valence-electron chi connectivity index (χ3n) is 4.71. The number of rotatable bonds is 7. The summed E-state index contributed by atoms with van der Waals surface area (Å²) in [4.78, 5) is 0. The summed E-state index contributed by atoms with van der Waals surface area (Å²) in [6, 6.07) is 12.3. The van der Waals surface area contributed by atoms with Crippen LogP contribution in [-0.2, 0) is 11.3 Å². The molecule has 1 saturated heterocycles. The van der Waals surface area contributed by atoms with Crippen molar-refractivity contribution in [3.63, 3.8) is 0 Å². The summed E-state index contributed by atoms with van der Waals surface area (Å²) >= 11 is 5.92. The number of halogens is 1. The molecule has 0 aliphatic carbocycles.